The first-order chi connectivity index (χ1) is 7.49. The Labute approximate surface area is 94.2 Å². The Morgan fingerprint density at radius 3 is 2.69 bits per heavy atom. The second-order valence-electron chi connectivity index (χ2n) is 4.10. The van der Waals surface area contributed by atoms with Crippen LogP contribution in [0.4, 0.5) is 0 Å². The Hall–Kier alpha value is -1.43. The predicted molar refractivity (Wildman–Crippen MR) is 57.5 cm³/mol. The lowest BCUT2D eigenvalue weighted by Crippen LogP contribution is -2.39. The molecule has 1 heterocycles. The van der Waals surface area contributed by atoms with Gasteiger partial charge in [0.05, 0.1) is 12.5 Å². The molecule has 0 aromatic heterocycles. The molecule has 0 spiro atoms. The van der Waals surface area contributed by atoms with Gasteiger partial charge < -0.3 is 10.6 Å². The summed E-state index contributed by atoms with van der Waals surface area (Å²) >= 11 is 0. The number of amides is 3. The second-order valence-corrected chi connectivity index (χ2v) is 4.10. The standard InChI is InChI=1S/C10H17N3O3/c1-6(2)12-8(14)3-4-11-7-5-9(15)13-10(7)16/h6-7,11H,3-5H2,1-2H3,(H,12,14)(H,13,15,16). The van der Waals surface area contributed by atoms with Gasteiger partial charge in [-0.3, -0.25) is 19.7 Å². The molecule has 0 saturated carbocycles. The van der Waals surface area contributed by atoms with E-state index in [-0.39, 0.29) is 30.2 Å². The molecule has 1 atom stereocenters. The molecule has 6 heteroatoms. The van der Waals surface area contributed by atoms with E-state index in [2.05, 4.69) is 16.0 Å². The van der Waals surface area contributed by atoms with Crippen LogP contribution < -0.4 is 16.0 Å². The molecular formula is C10H17N3O3. The van der Waals surface area contributed by atoms with Gasteiger partial charge in [0, 0.05) is 19.0 Å². The Morgan fingerprint density at radius 1 is 1.50 bits per heavy atom. The van der Waals surface area contributed by atoms with E-state index < -0.39 is 6.04 Å². The summed E-state index contributed by atoms with van der Waals surface area (Å²) in [5.74, 6) is -0.643. The number of nitrogens with one attached hydrogen (secondary N) is 3. The third-order valence-electron chi connectivity index (χ3n) is 2.16. The summed E-state index contributed by atoms with van der Waals surface area (Å²) in [6.07, 6.45) is 0.459. The monoisotopic (exact) mass is 227 g/mol. The van der Waals surface area contributed by atoms with Gasteiger partial charge in [0.25, 0.3) is 0 Å². The lowest BCUT2D eigenvalue weighted by molar-refractivity contribution is -0.126. The van der Waals surface area contributed by atoms with E-state index in [1.165, 1.54) is 0 Å². The fourth-order valence-electron chi connectivity index (χ4n) is 1.47. The highest BCUT2D eigenvalue weighted by Gasteiger charge is 2.29. The molecule has 0 radical (unpaired) electrons. The van der Waals surface area contributed by atoms with Gasteiger partial charge in [0.1, 0.15) is 0 Å². The molecule has 0 aliphatic carbocycles. The molecular weight excluding hydrogens is 210 g/mol. The van der Waals surface area contributed by atoms with Crippen LogP contribution in [0.2, 0.25) is 0 Å². The number of hydrogen-bond donors (Lipinski definition) is 3. The van der Waals surface area contributed by atoms with Crippen LogP contribution in [0, 0.1) is 0 Å². The lowest BCUT2D eigenvalue weighted by atomic mass is 10.2. The topological polar surface area (TPSA) is 87.3 Å². The summed E-state index contributed by atoms with van der Waals surface area (Å²) in [6, 6.07) is -0.372. The minimum atomic E-state index is -0.487. The maximum atomic E-state index is 11.3. The van der Waals surface area contributed by atoms with Crippen molar-refractivity contribution in [1.29, 1.82) is 0 Å². The van der Waals surface area contributed by atoms with Gasteiger partial charge in [0.2, 0.25) is 17.7 Å². The van der Waals surface area contributed by atoms with Crippen molar-refractivity contribution in [3.63, 3.8) is 0 Å². The molecule has 1 fully saturated rings. The first-order valence-electron chi connectivity index (χ1n) is 5.35. The average molecular weight is 227 g/mol. The number of imide groups is 1. The van der Waals surface area contributed by atoms with E-state index in [0.29, 0.717) is 13.0 Å². The van der Waals surface area contributed by atoms with Crippen LogP contribution in [-0.4, -0.2) is 36.3 Å². The van der Waals surface area contributed by atoms with Crippen molar-refractivity contribution in [2.75, 3.05) is 6.54 Å². The van der Waals surface area contributed by atoms with Crippen molar-refractivity contribution in [2.24, 2.45) is 0 Å². The third-order valence-corrected chi connectivity index (χ3v) is 2.16. The van der Waals surface area contributed by atoms with Crippen LogP contribution in [-0.2, 0) is 14.4 Å². The average Bonchev–Trinajstić information content (AvgIpc) is 2.44. The van der Waals surface area contributed by atoms with Crippen LogP contribution >= 0.6 is 0 Å². The minimum absolute atomic E-state index is 0.0627. The fraction of sp³-hybridized carbons (Fsp3) is 0.700. The summed E-state index contributed by atoms with van der Waals surface area (Å²) in [7, 11) is 0. The van der Waals surface area contributed by atoms with Crippen molar-refractivity contribution >= 4 is 17.7 Å². The van der Waals surface area contributed by atoms with Crippen molar-refractivity contribution in [1.82, 2.24) is 16.0 Å². The van der Waals surface area contributed by atoms with Crippen molar-refractivity contribution in [3.8, 4) is 0 Å². The van der Waals surface area contributed by atoms with Gasteiger partial charge in [-0.1, -0.05) is 0 Å². The summed E-state index contributed by atoms with van der Waals surface area (Å²) in [4.78, 5) is 33.3. The van der Waals surface area contributed by atoms with Crippen molar-refractivity contribution in [2.45, 2.75) is 38.8 Å². The van der Waals surface area contributed by atoms with E-state index in [1.807, 2.05) is 13.8 Å². The van der Waals surface area contributed by atoms with E-state index in [4.69, 9.17) is 0 Å². The Morgan fingerprint density at radius 2 is 2.19 bits per heavy atom. The van der Waals surface area contributed by atoms with Crippen LogP contribution in [0.25, 0.3) is 0 Å². The lowest BCUT2D eigenvalue weighted by Gasteiger charge is -2.10. The van der Waals surface area contributed by atoms with Crippen LogP contribution in [0.3, 0.4) is 0 Å². The molecule has 1 aliphatic rings. The van der Waals surface area contributed by atoms with Gasteiger partial charge in [0.15, 0.2) is 0 Å². The summed E-state index contributed by atoms with van der Waals surface area (Å²) in [5, 5.41) is 7.81. The first-order valence-corrected chi connectivity index (χ1v) is 5.35. The molecule has 0 bridgehead atoms. The molecule has 1 unspecified atom stereocenters. The number of hydrogen-bond acceptors (Lipinski definition) is 4. The number of carbonyl (C=O) groups is 3. The highest BCUT2D eigenvalue weighted by molar-refractivity contribution is 6.05. The molecule has 1 saturated heterocycles. The fourth-order valence-corrected chi connectivity index (χ4v) is 1.47. The third kappa shape index (κ3) is 3.98. The van der Waals surface area contributed by atoms with E-state index >= 15 is 0 Å². The smallest absolute Gasteiger partial charge is 0.244 e. The Kier molecular flexibility index (Phi) is 4.42. The molecule has 0 aromatic rings. The van der Waals surface area contributed by atoms with E-state index in [0.717, 1.165) is 0 Å². The first kappa shape index (κ1) is 12.6. The maximum Gasteiger partial charge on any atom is 0.244 e. The van der Waals surface area contributed by atoms with Gasteiger partial charge in [-0.2, -0.15) is 0 Å². The largest absolute Gasteiger partial charge is 0.354 e. The number of carbonyl (C=O) groups excluding carboxylic acids is 3. The van der Waals surface area contributed by atoms with Crippen molar-refractivity contribution in [3.05, 3.63) is 0 Å². The molecule has 1 rings (SSSR count). The SMILES string of the molecule is CC(C)NC(=O)CCNC1CC(=O)NC1=O. The van der Waals surface area contributed by atoms with E-state index in [1.54, 1.807) is 0 Å². The summed E-state index contributed by atoms with van der Waals surface area (Å²) in [5.41, 5.74) is 0. The second kappa shape index (κ2) is 5.60. The van der Waals surface area contributed by atoms with Gasteiger partial charge >= 0.3 is 0 Å². The van der Waals surface area contributed by atoms with Crippen LogP contribution in [0.1, 0.15) is 26.7 Å². The molecule has 16 heavy (non-hydrogen) atoms. The quantitative estimate of drug-likeness (QED) is 0.521. The Bertz CT molecular complexity index is 302. The zero-order valence-corrected chi connectivity index (χ0v) is 9.50. The highest BCUT2D eigenvalue weighted by atomic mass is 16.2. The molecule has 3 N–H and O–H groups in total. The normalized spacial score (nSPS) is 20.1. The maximum absolute atomic E-state index is 11.3. The number of rotatable bonds is 5. The van der Waals surface area contributed by atoms with Gasteiger partial charge in [-0.25, -0.2) is 0 Å². The zero-order valence-electron chi connectivity index (χ0n) is 9.50. The summed E-state index contributed by atoms with van der Waals surface area (Å²) in [6.45, 7) is 4.16. The van der Waals surface area contributed by atoms with Crippen molar-refractivity contribution < 1.29 is 14.4 Å². The van der Waals surface area contributed by atoms with E-state index in [9.17, 15) is 14.4 Å². The van der Waals surface area contributed by atoms with Gasteiger partial charge in [-0.15, -0.1) is 0 Å². The highest BCUT2D eigenvalue weighted by Crippen LogP contribution is 2.00. The molecule has 1 aliphatic heterocycles. The van der Waals surface area contributed by atoms with Crippen LogP contribution in [0.15, 0.2) is 0 Å². The minimum Gasteiger partial charge on any atom is -0.354 e. The summed E-state index contributed by atoms with van der Waals surface area (Å²) < 4.78 is 0. The molecule has 90 valence electrons. The predicted octanol–water partition coefficient (Wildman–Crippen LogP) is -1.09. The molecule has 6 nitrogen and oxygen atoms in total. The molecule has 3 amide bonds. The van der Waals surface area contributed by atoms with Crippen LogP contribution in [0.5, 0.6) is 0 Å². The van der Waals surface area contributed by atoms with Gasteiger partial charge in [-0.05, 0) is 13.8 Å². The molecule has 0 aromatic carbocycles. The zero-order chi connectivity index (χ0) is 12.1. The Balaban J connectivity index is 2.18.